The van der Waals surface area contributed by atoms with Crippen molar-refractivity contribution in [3.63, 3.8) is 0 Å². The zero-order valence-electron chi connectivity index (χ0n) is 21.6. The highest BCUT2D eigenvalue weighted by molar-refractivity contribution is 7.17. The van der Waals surface area contributed by atoms with Crippen molar-refractivity contribution in [2.75, 3.05) is 31.8 Å². The van der Waals surface area contributed by atoms with Gasteiger partial charge in [0.25, 0.3) is 5.78 Å². The van der Waals surface area contributed by atoms with Crippen molar-refractivity contribution in [1.82, 2.24) is 4.98 Å². The minimum absolute atomic E-state index is 0.126. The van der Waals surface area contributed by atoms with Crippen molar-refractivity contribution in [3.05, 3.63) is 69.7 Å². The molecule has 2 aliphatic rings. The second kappa shape index (κ2) is 10.8. The zero-order chi connectivity index (χ0) is 27.7. The lowest BCUT2D eigenvalue weighted by molar-refractivity contribution is -0.132. The zero-order valence-corrected chi connectivity index (χ0v) is 22.4. The van der Waals surface area contributed by atoms with Crippen molar-refractivity contribution in [2.45, 2.75) is 26.3 Å². The molecule has 1 N–H and O–H groups in total. The highest BCUT2D eigenvalue weighted by atomic mass is 32.1. The van der Waals surface area contributed by atoms with Gasteiger partial charge in [-0.15, -0.1) is 0 Å². The molecule has 0 aliphatic carbocycles. The fourth-order valence-electron chi connectivity index (χ4n) is 4.45. The molecule has 10 nitrogen and oxygen atoms in total. The molecule has 1 atom stereocenters. The Labute approximate surface area is 228 Å². The van der Waals surface area contributed by atoms with E-state index < -0.39 is 23.7 Å². The molecule has 0 spiro atoms. The van der Waals surface area contributed by atoms with Gasteiger partial charge in [0.05, 0.1) is 31.0 Å². The number of Topliss-reactive ketones (excluding diaryl/α,β-unsaturated/α-hetero) is 1. The number of fused-ring (bicyclic) bond motifs is 1. The molecule has 0 saturated carbocycles. The second-order valence-corrected chi connectivity index (χ2v) is 9.83. The highest BCUT2D eigenvalue weighted by Gasteiger charge is 2.48. The summed E-state index contributed by atoms with van der Waals surface area (Å²) in [7, 11) is 1.25. The van der Waals surface area contributed by atoms with Crippen molar-refractivity contribution in [2.24, 2.45) is 0 Å². The number of esters is 1. The normalized spacial score (nSPS) is 17.8. The average Bonchev–Trinajstić information content (AvgIpc) is 3.47. The number of aliphatic hydroxyl groups is 1. The van der Waals surface area contributed by atoms with Crippen LogP contribution in [0.25, 0.3) is 5.76 Å². The predicted molar refractivity (Wildman–Crippen MR) is 143 cm³/mol. The van der Waals surface area contributed by atoms with Crippen LogP contribution in [0.1, 0.15) is 45.9 Å². The third-order valence-electron chi connectivity index (χ3n) is 6.27. The molecule has 5 rings (SSSR count). The van der Waals surface area contributed by atoms with Crippen LogP contribution in [0.5, 0.6) is 17.2 Å². The number of aliphatic hydroxyl groups excluding tert-OH is 1. The summed E-state index contributed by atoms with van der Waals surface area (Å²) >= 11 is 0.935. The van der Waals surface area contributed by atoms with E-state index in [0.29, 0.717) is 48.3 Å². The molecule has 3 aromatic rings. The summed E-state index contributed by atoms with van der Waals surface area (Å²) in [6.45, 7) is 4.83. The largest absolute Gasteiger partial charge is 0.507 e. The van der Waals surface area contributed by atoms with E-state index in [9.17, 15) is 19.5 Å². The van der Waals surface area contributed by atoms with Crippen molar-refractivity contribution in [3.8, 4) is 17.2 Å². The fraction of sp³-hybridized carbons (Fsp3) is 0.286. The van der Waals surface area contributed by atoms with Gasteiger partial charge >= 0.3 is 11.9 Å². The molecule has 3 heterocycles. The molecule has 0 radical (unpaired) electrons. The molecule has 0 bridgehead atoms. The summed E-state index contributed by atoms with van der Waals surface area (Å²) in [6.07, 6.45) is 0.793. The van der Waals surface area contributed by atoms with Gasteiger partial charge in [-0.3, -0.25) is 14.5 Å². The maximum absolute atomic E-state index is 13.5. The number of hydrogen-bond acceptors (Lipinski definition) is 10. The van der Waals surface area contributed by atoms with Crippen LogP contribution in [0, 0.1) is 6.92 Å². The lowest BCUT2D eigenvalue weighted by Gasteiger charge is -2.24. The van der Waals surface area contributed by atoms with Gasteiger partial charge in [-0.05, 0) is 49.2 Å². The van der Waals surface area contributed by atoms with Gasteiger partial charge in [-0.25, -0.2) is 9.78 Å². The minimum Gasteiger partial charge on any atom is -0.507 e. The lowest BCUT2D eigenvalue weighted by atomic mass is 9.95. The Morgan fingerprint density at radius 2 is 1.92 bits per heavy atom. The summed E-state index contributed by atoms with van der Waals surface area (Å²) in [5, 5.41) is 11.6. The molecule has 202 valence electrons. The van der Waals surface area contributed by atoms with E-state index in [1.54, 1.807) is 49.4 Å². The first-order chi connectivity index (χ1) is 18.8. The lowest BCUT2D eigenvalue weighted by Crippen LogP contribution is -2.29. The summed E-state index contributed by atoms with van der Waals surface area (Å²) in [4.78, 5) is 45.1. The second-order valence-electron chi connectivity index (χ2n) is 8.85. The van der Waals surface area contributed by atoms with Crippen molar-refractivity contribution >= 4 is 39.9 Å². The van der Waals surface area contributed by atoms with Crippen LogP contribution in [-0.4, -0.2) is 54.7 Å². The highest BCUT2D eigenvalue weighted by Crippen LogP contribution is 2.45. The Morgan fingerprint density at radius 1 is 1.15 bits per heavy atom. The summed E-state index contributed by atoms with van der Waals surface area (Å²) < 4.78 is 21.8. The number of benzene rings is 2. The van der Waals surface area contributed by atoms with Crippen LogP contribution < -0.4 is 19.1 Å². The van der Waals surface area contributed by atoms with E-state index in [0.717, 1.165) is 17.8 Å². The van der Waals surface area contributed by atoms with Crippen LogP contribution in [0.15, 0.2) is 48.0 Å². The number of carbonyl (C=O) groups excluding carboxylic acids is 3. The van der Waals surface area contributed by atoms with E-state index in [-0.39, 0.29) is 26.9 Å². The van der Waals surface area contributed by atoms with E-state index in [4.69, 9.17) is 18.9 Å². The summed E-state index contributed by atoms with van der Waals surface area (Å²) in [5.74, 6) is -1.27. The van der Waals surface area contributed by atoms with Gasteiger partial charge in [0.15, 0.2) is 16.6 Å². The number of rotatable bonds is 7. The van der Waals surface area contributed by atoms with Gasteiger partial charge in [-0.1, -0.05) is 30.4 Å². The molecule has 39 heavy (non-hydrogen) atoms. The Balaban J connectivity index is 1.68. The third kappa shape index (κ3) is 4.81. The Hall–Kier alpha value is -4.38. The smallest absolute Gasteiger partial charge is 0.350 e. The van der Waals surface area contributed by atoms with Gasteiger partial charge < -0.3 is 24.1 Å². The molecular formula is C28H26N2O8S. The standard InChI is InChI=1S/C28H26N2O8S/c1-4-10-36-18-7-5-6-16(13-18)22-21(23(31)17-8-9-19-20(14-17)38-12-11-37-19)24(32)26(33)30(22)28-29-15(2)25(39-28)27(34)35-3/h5-9,13-14,22,31H,4,10-12H2,1-3H3/t22-/m0/s1. The Bertz CT molecular complexity index is 1490. The number of carbonyl (C=O) groups is 3. The quantitative estimate of drug-likeness (QED) is 0.197. The molecular weight excluding hydrogens is 524 g/mol. The molecule has 1 fully saturated rings. The first-order valence-corrected chi connectivity index (χ1v) is 13.1. The molecule has 2 aromatic carbocycles. The van der Waals surface area contributed by atoms with E-state index in [2.05, 4.69) is 4.98 Å². The van der Waals surface area contributed by atoms with Gasteiger partial charge in [0.1, 0.15) is 29.6 Å². The Kier molecular flexibility index (Phi) is 7.25. The van der Waals surface area contributed by atoms with Crippen LogP contribution >= 0.6 is 11.3 Å². The molecule has 1 aromatic heterocycles. The number of ether oxygens (including phenoxy) is 4. The number of nitrogens with zero attached hydrogens (tertiary/aromatic N) is 2. The number of aryl methyl sites for hydroxylation is 1. The monoisotopic (exact) mass is 550 g/mol. The van der Waals surface area contributed by atoms with Gasteiger partial charge in [0.2, 0.25) is 0 Å². The number of amides is 1. The van der Waals surface area contributed by atoms with E-state index in [1.165, 1.54) is 12.0 Å². The average molecular weight is 551 g/mol. The summed E-state index contributed by atoms with van der Waals surface area (Å²) in [5.41, 5.74) is 1.03. The number of methoxy groups -OCH3 is 1. The van der Waals surface area contributed by atoms with Gasteiger partial charge in [-0.2, -0.15) is 0 Å². The number of anilines is 1. The van der Waals surface area contributed by atoms with Crippen LogP contribution in [0.4, 0.5) is 5.13 Å². The maximum atomic E-state index is 13.5. The Morgan fingerprint density at radius 3 is 2.67 bits per heavy atom. The molecule has 1 saturated heterocycles. The van der Waals surface area contributed by atoms with Crippen molar-refractivity contribution in [1.29, 1.82) is 0 Å². The SMILES string of the molecule is CCCOc1cccc([C@H]2C(=C(O)c3ccc4c(c3)OCCO4)C(=O)C(=O)N2c2nc(C)c(C(=O)OC)s2)c1. The minimum atomic E-state index is -1.04. The first kappa shape index (κ1) is 26.2. The molecule has 2 aliphatic heterocycles. The number of aromatic nitrogens is 1. The van der Waals surface area contributed by atoms with Crippen LogP contribution in [0.2, 0.25) is 0 Å². The maximum Gasteiger partial charge on any atom is 0.350 e. The number of thiazole rings is 1. The predicted octanol–water partition coefficient (Wildman–Crippen LogP) is 4.42. The fourth-order valence-corrected chi connectivity index (χ4v) is 5.46. The topological polar surface area (TPSA) is 124 Å². The number of ketones is 1. The van der Waals surface area contributed by atoms with Crippen molar-refractivity contribution < 1.29 is 38.4 Å². The van der Waals surface area contributed by atoms with Gasteiger partial charge in [0, 0.05) is 5.56 Å². The molecule has 1 amide bonds. The number of hydrogen-bond donors (Lipinski definition) is 1. The molecule has 0 unspecified atom stereocenters. The van der Waals surface area contributed by atoms with E-state index in [1.807, 2.05) is 6.92 Å². The molecule has 11 heteroatoms. The third-order valence-corrected chi connectivity index (χ3v) is 7.41. The van der Waals surface area contributed by atoms with E-state index >= 15 is 0 Å². The first-order valence-electron chi connectivity index (χ1n) is 12.3. The van der Waals surface area contributed by atoms with Crippen LogP contribution in [-0.2, 0) is 14.3 Å². The summed E-state index contributed by atoms with van der Waals surface area (Å²) in [6, 6.07) is 10.7. The van der Waals surface area contributed by atoms with Crippen LogP contribution in [0.3, 0.4) is 0 Å².